The van der Waals surface area contributed by atoms with Crippen LogP contribution in [-0.4, -0.2) is 25.3 Å². The van der Waals surface area contributed by atoms with E-state index in [1.807, 2.05) is 12.1 Å². The molecular weight excluding hydrogens is 236 g/mol. The van der Waals surface area contributed by atoms with Gasteiger partial charge in [-0.05, 0) is 31.0 Å². The van der Waals surface area contributed by atoms with Gasteiger partial charge in [0.2, 0.25) is 0 Å². The van der Waals surface area contributed by atoms with Gasteiger partial charge in [0, 0.05) is 18.1 Å². The molecule has 0 radical (unpaired) electrons. The maximum atomic E-state index is 9.15. The maximum absolute atomic E-state index is 9.15. The second-order valence-electron chi connectivity index (χ2n) is 4.64. The Hall–Kier alpha value is -1.24. The number of anilines is 1. The minimum absolute atomic E-state index is 0.330. The highest BCUT2D eigenvalue weighted by atomic mass is 35.5. The van der Waals surface area contributed by atoms with Crippen LogP contribution in [0.2, 0.25) is 5.02 Å². The first-order chi connectivity index (χ1) is 8.26. The van der Waals surface area contributed by atoms with Crippen LogP contribution in [0.3, 0.4) is 0 Å². The van der Waals surface area contributed by atoms with Gasteiger partial charge in [0.05, 0.1) is 23.5 Å². The topological polar surface area (TPSA) is 36.3 Å². The van der Waals surface area contributed by atoms with E-state index in [0.717, 1.165) is 31.6 Å². The van der Waals surface area contributed by atoms with Crippen molar-refractivity contribution in [2.45, 2.75) is 25.0 Å². The molecule has 2 aliphatic heterocycles. The summed E-state index contributed by atoms with van der Waals surface area (Å²) in [6, 6.07) is 7.73. The number of halogens is 1. The van der Waals surface area contributed by atoms with E-state index in [-0.39, 0.29) is 0 Å². The standard InChI is InChI=1S/C13H13ClN2O/c14-10-1-4-13(9(5-10)6-15)16-7-11-2-3-12(8-16)17-11/h1,4-5,11-12H,2-3,7-8H2. The fourth-order valence-electron chi connectivity index (χ4n) is 2.69. The van der Waals surface area contributed by atoms with Gasteiger partial charge in [0.15, 0.2) is 0 Å². The van der Waals surface area contributed by atoms with E-state index in [0.29, 0.717) is 22.8 Å². The maximum Gasteiger partial charge on any atom is 0.101 e. The number of nitriles is 1. The molecule has 2 heterocycles. The number of hydrogen-bond donors (Lipinski definition) is 0. The third-order valence-corrected chi connectivity index (χ3v) is 3.70. The first-order valence-electron chi connectivity index (χ1n) is 5.86. The van der Waals surface area contributed by atoms with E-state index in [1.54, 1.807) is 6.07 Å². The molecule has 2 unspecified atom stereocenters. The fourth-order valence-corrected chi connectivity index (χ4v) is 2.86. The van der Waals surface area contributed by atoms with Gasteiger partial charge in [-0.15, -0.1) is 0 Å². The van der Waals surface area contributed by atoms with Gasteiger partial charge in [0.25, 0.3) is 0 Å². The molecular formula is C13H13ClN2O. The van der Waals surface area contributed by atoms with Crippen LogP contribution in [0.1, 0.15) is 18.4 Å². The van der Waals surface area contributed by atoms with Crippen LogP contribution in [0.15, 0.2) is 18.2 Å². The van der Waals surface area contributed by atoms with E-state index in [1.165, 1.54) is 0 Å². The number of hydrogen-bond acceptors (Lipinski definition) is 3. The second kappa shape index (κ2) is 4.21. The van der Waals surface area contributed by atoms with Gasteiger partial charge in [-0.3, -0.25) is 0 Å². The van der Waals surface area contributed by atoms with Crippen molar-refractivity contribution in [1.82, 2.24) is 0 Å². The Morgan fingerprint density at radius 2 is 2.00 bits per heavy atom. The zero-order valence-electron chi connectivity index (χ0n) is 9.40. The summed E-state index contributed by atoms with van der Waals surface area (Å²) in [6.07, 6.45) is 2.93. The third kappa shape index (κ3) is 1.99. The minimum Gasteiger partial charge on any atom is -0.371 e. The zero-order chi connectivity index (χ0) is 11.8. The number of benzene rings is 1. The van der Waals surface area contributed by atoms with Crippen molar-refractivity contribution in [3.63, 3.8) is 0 Å². The molecule has 2 fully saturated rings. The largest absolute Gasteiger partial charge is 0.371 e. The van der Waals surface area contributed by atoms with Crippen LogP contribution in [-0.2, 0) is 4.74 Å². The van der Waals surface area contributed by atoms with Gasteiger partial charge in [-0.25, -0.2) is 0 Å². The molecule has 1 aromatic rings. The van der Waals surface area contributed by atoms with Gasteiger partial charge in [0.1, 0.15) is 6.07 Å². The minimum atomic E-state index is 0.330. The van der Waals surface area contributed by atoms with E-state index in [4.69, 9.17) is 21.6 Å². The van der Waals surface area contributed by atoms with Crippen LogP contribution in [0.5, 0.6) is 0 Å². The van der Waals surface area contributed by atoms with E-state index < -0.39 is 0 Å². The first kappa shape index (κ1) is 10.9. The van der Waals surface area contributed by atoms with Crippen molar-refractivity contribution >= 4 is 17.3 Å². The quantitative estimate of drug-likeness (QED) is 0.767. The predicted molar refractivity (Wildman–Crippen MR) is 66.3 cm³/mol. The highest BCUT2D eigenvalue weighted by Gasteiger charge is 2.34. The van der Waals surface area contributed by atoms with Crippen LogP contribution < -0.4 is 4.90 Å². The van der Waals surface area contributed by atoms with Gasteiger partial charge < -0.3 is 9.64 Å². The first-order valence-corrected chi connectivity index (χ1v) is 6.24. The lowest BCUT2D eigenvalue weighted by molar-refractivity contribution is 0.0305. The number of morpholine rings is 1. The summed E-state index contributed by atoms with van der Waals surface area (Å²) in [5, 5.41) is 9.77. The molecule has 0 amide bonds. The molecule has 2 atom stereocenters. The number of rotatable bonds is 1. The van der Waals surface area contributed by atoms with Crippen molar-refractivity contribution in [2.75, 3.05) is 18.0 Å². The van der Waals surface area contributed by atoms with Gasteiger partial charge in [-0.2, -0.15) is 5.26 Å². The summed E-state index contributed by atoms with van der Waals surface area (Å²) >= 11 is 5.91. The summed E-state index contributed by atoms with van der Waals surface area (Å²) in [7, 11) is 0. The lowest BCUT2D eigenvalue weighted by Gasteiger charge is -2.34. The molecule has 2 bridgehead atoms. The molecule has 0 spiro atoms. The van der Waals surface area contributed by atoms with E-state index in [2.05, 4.69) is 11.0 Å². The highest BCUT2D eigenvalue weighted by molar-refractivity contribution is 6.30. The summed E-state index contributed by atoms with van der Waals surface area (Å²) in [5.41, 5.74) is 1.64. The molecule has 2 saturated heterocycles. The third-order valence-electron chi connectivity index (χ3n) is 3.46. The van der Waals surface area contributed by atoms with Crippen LogP contribution >= 0.6 is 11.6 Å². The number of fused-ring (bicyclic) bond motifs is 2. The summed E-state index contributed by atoms with van der Waals surface area (Å²) < 4.78 is 5.80. The zero-order valence-corrected chi connectivity index (χ0v) is 10.2. The molecule has 1 aromatic carbocycles. The Bertz CT molecular complexity index is 471. The Labute approximate surface area is 106 Å². The van der Waals surface area contributed by atoms with Crippen molar-refractivity contribution in [3.05, 3.63) is 28.8 Å². The molecule has 0 N–H and O–H groups in total. The molecule has 17 heavy (non-hydrogen) atoms. The summed E-state index contributed by atoms with van der Waals surface area (Å²) in [4.78, 5) is 2.25. The van der Waals surface area contributed by atoms with E-state index >= 15 is 0 Å². The second-order valence-corrected chi connectivity index (χ2v) is 5.07. The van der Waals surface area contributed by atoms with Crippen LogP contribution in [0.4, 0.5) is 5.69 Å². The van der Waals surface area contributed by atoms with Crippen molar-refractivity contribution in [1.29, 1.82) is 5.26 Å². The number of ether oxygens (including phenoxy) is 1. The molecule has 4 heteroatoms. The smallest absolute Gasteiger partial charge is 0.101 e. The lowest BCUT2D eigenvalue weighted by Crippen LogP contribution is -2.42. The number of nitrogens with zero attached hydrogens (tertiary/aromatic N) is 2. The predicted octanol–water partition coefficient (Wildman–Crippen LogP) is 2.58. The molecule has 3 nitrogen and oxygen atoms in total. The Kier molecular flexibility index (Phi) is 2.70. The Morgan fingerprint density at radius 1 is 1.29 bits per heavy atom. The van der Waals surface area contributed by atoms with Crippen molar-refractivity contribution < 1.29 is 4.74 Å². The Balaban J connectivity index is 1.92. The molecule has 0 aliphatic carbocycles. The van der Waals surface area contributed by atoms with Crippen molar-refractivity contribution in [3.8, 4) is 6.07 Å². The average molecular weight is 249 g/mol. The van der Waals surface area contributed by atoms with Crippen molar-refractivity contribution in [2.24, 2.45) is 0 Å². The van der Waals surface area contributed by atoms with Gasteiger partial charge >= 0.3 is 0 Å². The summed E-state index contributed by atoms with van der Waals surface area (Å²) in [6.45, 7) is 1.76. The normalized spacial score (nSPS) is 26.9. The van der Waals surface area contributed by atoms with Crippen LogP contribution in [0.25, 0.3) is 0 Å². The molecule has 3 rings (SSSR count). The molecule has 88 valence electrons. The highest BCUT2D eigenvalue weighted by Crippen LogP contribution is 2.32. The van der Waals surface area contributed by atoms with Gasteiger partial charge in [-0.1, -0.05) is 11.6 Å². The SMILES string of the molecule is N#Cc1cc(Cl)ccc1N1CC2CCC(C1)O2. The van der Waals surface area contributed by atoms with E-state index in [9.17, 15) is 0 Å². The molecule has 2 aliphatic rings. The fraction of sp³-hybridized carbons (Fsp3) is 0.462. The van der Waals surface area contributed by atoms with Crippen LogP contribution in [0, 0.1) is 11.3 Å². The Morgan fingerprint density at radius 3 is 2.65 bits per heavy atom. The average Bonchev–Trinajstić information content (AvgIpc) is 2.68. The molecule has 0 saturated carbocycles. The monoisotopic (exact) mass is 248 g/mol. The lowest BCUT2D eigenvalue weighted by atomic mass is 10.1. The molecule has 0 aromatic heterocycles. The summed E-state index contributed by atoms with van der Waals surface area (Å²) in [5.74, 6) is 0.